The van der Waals surface area contributed by atoms with Gasteiger partial charge < -0.3 is 33.9 Å². The summed E-state index contributed by atoms with van der Waals surface area (Å²) in [7, 11) is 10.8. The Morgan fingerprint density at radius 3 is 2.06 bits per heavy atom. The van der Waals surface area contributed by atoms with E-state index in [1.807, 2.05) is 24.3 Å². The Hall–Kier alpha value is -4.60. The SMILES string of the molecule is COc1cc2c(cc1O)C1Cc3c(cc(OC)c(OC)c3Oc3cc4c(cc3OC)CCN(C)C4Cc3ccc(O)cc3)C(C2)N1C. The Labute approximate surface area is 275 Å². The number of nitrogens with zero attached hydrogens (tertiary/aromatic N) is 2. The summed E-state index contributed by atoms with van der Waals surface area (Å²) in [6.45, 7) is 0.926. The number of ether oxygens (including phenoxy) is 5. The van der Waals surface area contributed by atoms with Crippen LogP contribution in [-0.4, -0.2) is 69.1 Å². The monoisotopic (exact) mass is 638 g/mol. The summed E-state index contributed by atoms with van der Waals surface area (Å²) in [4.78, 5) is 4.74. The van der Waals surface area contributed by atoms with Gasteiger partial charge in [-0.25, -0.2) is 0 Å². The quantitative estimate of drug-likeness (QED) is 0.224. The number of hydrogen-bond donors (Lipinski definition) is 2. The van der Waals surface area contributed by atoms with Gasteiger partial charge in [-0.1, -0.05) is 12.1 Å². The number of phenolic OH excluding ortho intramolecular Hbond substituents is 2. The molecular formula is C38H42N2O7. The zero-order chi connectivity index (χ0) is 33.0. The van der Waals surface area contributed by atoms with Gasteiger partial charge in [0, 0.05) is 30.2 Å². The fourth-order valence-electron chi connectivity index (χ4n) is 7.78. The molecule has 0 spiro atoms. The second-order valence-corrected chi connectivity index (χ2v) is 12.8. The lowest BCUT2D eigenvalue weighted by Gasteiger charge is -2.46. The highest BCUT2D eigenvalue weighted by Crippen LogP contribution is 2.55. The lowest BCUT2D eigenvalue weighted by Crippen LogP contribution is -2.40. The molecule has 3 aliphatic heterocycles. The van der Waals surface area contributed by atoms with E-state index in [2.05, 4.69) is 42.1 Å². The van der Waals surface area contributed by atoms with Crippen LogP contribution in [0.15, 0.2) is 54.6 Å². The van der Waals surface area contributed by atoms with E-state index in [0.717, 1.165) is 53.6 Å². The van der Waals surface area contributed by atoms with E-state index in [-0.39, 0.29) is 29.6 Å². The molecule has 0 saturated heterocycles. The molecule has 3 atom stereocenters. The maximum atomic E-state index is 10.7. The third kappa shape index (κ3) is 5.27. The molecule has 3 unspecified atom stereocenters. The number of likely N-dealkylation sites (N-methyl/N-ethyl adjacent to an activating group) is 2. The highest BCUT2D eigenvalue weighted by molar-refractivity contribution is 5.64. The summed E-state index contributed by atoms with van der Waals surface area (Å²) in [5.74, 6) is 3.90. The number of fused-ring (bicyclic) bond motifs is 7. The van der Waals surface area contributed by atoms with Crippen molar-refractivity contribution in [2.75, 3.05) is 49.1 Å². The molecule has 0 aromatic heterocycles. The number of hydrogen-bond acceptors (Lipinski definition) is 9. The molecule has 0 radical (unpaired) electrons. The van der Waals surface area contributed by atoms with Crippen LogP contribution in [0.5, 0.6) is 46.0 Å². The molecule has 4 aromatic carbocycles. The number of phenols is 2. The van der Waals surface area contributed by atoms with Crippen LogP contribution < -0.4 is 23.7 Å². The number of rotatable bonds is 8. The average molecular weight is 639 g/mol. The molecule has 0 saturated carbocycles. The lowest BCUT2D eigenvalue weighted by molar-refractivity contribution is 0.135. The molecule has 47 heavy (non-hydrogen) atoms. The molecule has 4 aromatic rings. The minimum Gasteiger partial charge on any atom is -0.508 e. The van der Waals surface area contributed by atoms with Crippen LogP contribution in [0.1, 0.15) is 57.1 Å². The van der Waals surface area contributed by atoms with Gasteiger partial charge in [0.25, 0.3) is 0 Å². The van der Waals surface area contributed by atoms with Gasteiger partial charge in [0.15, 0.2) is 34.5 Å². The van der Waals surface area contributed by atoms with Crippen molar-refractivity contribution in [3.63, 3.8) is 0 Å². The molecule has 3 heterocycles. The van der Waals surface area contributed by atoms with Crippen molar-refractivity contribution in [2.45, 2.75) is 43.8 Å². The van der Waals surface area contributed by atoms with Crippen molar-refractivity contribution in [1.29, 1.82) is 0 Å². The van der Waals surface area contributed by atoms with E-state index in [0.29, 0.717) is 40.9 Å². The fourth-order valence-corrected chi connectivity index (χ4v) is 7.78. The van der Waals surface area contributed by atoms with E-state index < -0.39 is 0 Å². The molecule has 3 aliphatic rings. The summed E-state index contributed by atoms with van der Waals surface area (Å²) in [6.07, 6.45) is 3.09. The predicted octanol–water partition coefficient (Wildman–Crippen LogP) is 6.52. The molecule has 9 heteroatoms. The minimum atomic E-state index is 0.0160. The summed E-state index contributed by atoms with van der Waals surface area (Å²) in [5, 5.41) is 20.6. The molecule has 2 bridgehead atoms. The molecule has 0 fully saturated rings. The van der Waals surface area contributed by atoms with Crippen LogP contribution in [0.2, 0.25) is 0 Å². The van der Waals surface area contributed by atoms with Gasteiger partial charge in [0.2, 0.25) is 5.75 Å². The van der Waals surface area contributed by atoms with Crippen molar-refractivity contribution in [1.82, 2.24) is 9.80 Å². The summed E-state index contributed by atoms with van der Waals surface area (Å²) < 4.78 is 30.2. The Kier molecular flexibility index (Phi) is 8.06. The number of benzene rings is 4. The molecule has 246 valence electrons. The van der Waals surface area contributed by atoms with Crippen molar-refractivity contribution in [3.05, 3.63) is 93.5 Å². The number of methoxy groups -OCH3 is 4. The van der Waals surface area contributed by atoms with E-state index in [1.165, 1.54) is 11.1 Å². The molecule has 0 amide bonds. The van der Waals surface area contributed by atoms with Crippen LogP contribution >= 0.6 is 0 Å². The first-order valence-electron chi connectivity index (χ1n) is 16.0. The molecule has 7 rings (SSSR count). The van der Waals surface area contributed by atoms with Crippen LogP contribution in [0, 0.1) is 0 Å². The molecular weight excluding hydrogens is 596 g/mol. The Morgan fingerprint density at radius 1 is 0.681 bits per heavy atom. The van der Waals surface area contributed by atoms with Gasteiger partial charge >= 0.3 is 0 Å². The highest BCUT2D eigenvalue weighted by Gasteiger charge is 2.42. The standard InChI is InChI=1S/C38H42N2O7/c1-39-12-11-22-15-34(44-4)35(19-26(22)29(39)13-21-7-9-24(41)10-8-21)47-37-28-17-31-25-18-32(42)33(43-3)16-23(25)14-30(40(31)2)27(28)20-36(45-5)38(37)46-6/h7-10,15-16,18-20,29-31,41-42H,11-14,17H2,1-6H3. The Bertz CT molecular complexity index is 1820. The van der Waals surface area contributed by atoms with Gasteiger partial charge in [-0.3, -0.25) is 9.80 Å². The van der Waals surface area contributed by atoms with Crippen molar-refractivity contribution >= 4 is 0 Å². The molecule has 9 nitrogen and oxygen atoms in total. The van der Waals surface area contributed by atoms with Crippen molar-refractivity contribution < 1.29 is 33.9 Å². The predicted molar refractivity (Wildman–Crippen MR) is 179 cm³/mol. The third-order valence-corrected chi connectivity index (χ3v) is 10.3. The van der Waals surface area contributed by atoms with E-state index in [9.17, 15) is 10.2 Å². The van der Waals surface area contributed by atoms with Crippen molar-refractivity contribution in [2.24, 2.45) is 0 Å². The first-order chi connectivity index (χ1) is 22.7. The third-order valence-electron chi connectivity index (χ3n) is 10.3. The molecule has 0 aliphatic carbocycles. The number of aromatic hydroxyl groups is 2. The van der Waals surface area contributed by atoms with Crippen molar-refractivity contribution in [3.8, 4) is 46.0 Å². The van der Waals surface area contributed by atoms with Gasteiger partial charge in [0.1, 0.15) is 5.75 Å². The Morgan fingerprint density at radius 2 is 1.36 bits per heavy atom. The molecule has 2 N–H and O–H groups in total. The first kappa shape index (κ1) is 31.0. The van der Waals surface area contributed by atoms with Crippen LogP contribution in [0.3, 0.4) is 0 Å². The van der Waals surface area contributed by atoms with Gasteiger partial charge in [-0.05, 0) is 116 Å². The largest absolute Gasteiger partial charge is 0.508 e. The topological polar surface area (TPSA) is 93.1 Å². The average Bonchev–Trinajstić information content (AvgIpc) is 3.07. The maximum Gasteiger partial charge on any atom is 0.204 e. The van der Waals surface area contributed by atoms with E-state index in [1.54, 1.807) is 40.6 Å². The summed E-state index contributed by atoms with van der Waals surface area (Å²) in [6, 6.07) is 17.7. The van der Waals surface area contributed by atoms with Crippen LogP contribution in [0.4, 0.5) is 0 Å². The summed E-state index contributed by atoms with van der Waals surface area (Å²) >= 11 is 0. The van der Waals surface area contributed by atoms with Crippen LogP contribution in [-0.2, 0) is 25.7 Å². The van der Waals surface area contributed by atoms with Gasteiger partial charge in [-0.15, -0.1) is 0 Å². The second kappa shape index (κ2) is 12.2. The zero-order valence-corrected chi connectivity index (χ0v) is 27.8. The second-order valence-electron chi connectivity index (χ2n) is 12.8. The van der Waals surface area contributed by atoms with Gasteiger partial charge in [0.05, 0.1) is 28.4 Å². The zero-order valence-electron chi connectivity index (χ0n) is 27.8. The summed E-state index contributed by atoms with van der Waals surface area (Å²) in [5.41, 5.74) is 7.99. The smallest absolute Gasteiger partial charge is 0.204 e. The normalized spacial score (nSPS) is 20.1. The maximum absolute atomic E-state index is 10.7. The van der Waals surface area contributed by atoms with Gasteiger partial charge in [-0.2, -0.15) is 0 Å². The van der Waals surface area contributed by atoms with E-state index >= 15 is 0 Å². The lowest BCUT2D eigenvalue weighted by atomic mass is 9.76. The fraction of sp³-hybridized carbons (Fsp3) is 0.368. The first-order valence-corrected chi connectivity index (χ1v) is 16.0. The minimum absolute atomic E-state index is 0.0160. The highest BCUT2D eigenvalue weighted by atomic mass is 16.5. The Balaban J connectivity index is 1.33. The van der Waals surface area contributed by atoms with E-state index in [4.69, 9.17) is 23.7 Å². The van der Waals surface area contributed by atoms with Crippen LogP contribution in [0.25, 0.3) is 0 Å².